The summed E-state index contributed by atoms with van der Waals surface area (Å²) in [5.41, 5.74) is 2.30. The molecular formula is C15H21NO3. The molecule has 0 aliphatic carbocycles. The van der Waals surface area contributed by atoms with E-state index in [1.54, 1.807) is 4.90 Å². The summed E-state index contributed by atoms with van der Waals surface area (Å²) in [5.74, 6) is 0.899. The van der Waals surface area contributed by atoms with Crippen molar-refractivity contribution in [3.8, 4) is 5.75 Å². The molecule has 104 valence electrons. The molecular weight excluding hydrogens is 242 g/mol. The van der Waals surface area contributed by atoms with Gasteiger partial charge in [-0.2, -0.15) is 0 Å². The molecule has 0 saturated carbocycles. The van der Waals surface area contributed by atoms with Crippen molar-refractivity contribution in [1.82, 2.24) is 4.90 Å². The lowest BCUT2D eigenvalue weighted by Gasteiger charge is -2.16. The first-order valence-corrected chi connectivity index (χ1v) is 6.73. The Morgan fingerprint density at radius 2 is 2.26 bits per heavy atom. The predicted octanol–water partition coefficient (Wildman–Crippen LogP) is 1.67. The van der Waals surface area contributed by atoms with Crippen LogP contribution in [0.15, 0.2) is 18.2 Å². The summed E-state index contributed by atoms with van der Waals surface area (Å²) < 4.78 is 5.66. The Kier molecular flexibility index (Phi) is 4.43. The molecule has 19 heavy (non-hydrogen) atoms. The third-order valence-electron chi connectivity index (χ3n) is 3.64. The van der Waals surface area contributed by atoms with Gasteiger partial charge in [-0.05, 0) is 37.5 Å². The van der Waals surface area contributed by atoms with Gasteiger partial charge in [-0.3, -0.25) is 4.79 Å². The molecule has 0 radical (unpaired) electrons. The SMILES string of the molecule is Cc1cccc(OCCC(=O)N2CC[C@H](O)C2)c1C. The molecule has 4 heteroatoms. The van der Waals surface area contributed by atoms with Crippen LogP contribution in [0.1, 0.15) is 24.0 Å². The Balaban J connectivity index is 1.80. The Morgan fingerprint density at radius 1 is 1.47 bits per heavy atom. The second-order valence-electron chi connectivity index (χ2n) is 5.08. The molecule has 1 aliphatic rings. The second-order valence-corrected chi connectivity index (χ2v) is 5.08. The van der Waals surface area contributed by atoms with Crippen molar-refractivity contribution in [2.24, 2.45) is 0 Å². The van der Waals surface area contributed by atoms with Crippen molar-refractivity contribution >= 4 is 5.91 Å². The number of hydrogen-bond donors (Lipinski definition) is 1. The number of likely N-dealkylation sites (tertiary alicyclic amines) is 1. The topological polar surface area (TPSA) is 49.8 Å². The van der Waals surface area contributed by atoms with Gasteiger partial charge in [0.15, 0.2) is 0 Å². The molecule has 1 aromatic carbocycles. The minimum Gasteiger partial charge on any atom is -0.493 e. The molecule has 0 spiro atoms. The predicted molar refractivity (Wildman–Crippen MR) is 73.2 cm³/mol. The minimum atomic E-state index is -0.358. The number of benzene rings is 1. The van der Waals surface area contributed by atoms with Crippen LogP contribution < -0.4 is 4.74 Å². The number of hydrogen-bond acceptors (Lipinski definition) is 3. The number of aliphatic hydroxyl groups is 1. The smallest absolute Gasteiger partial charge is 0.226 e. The first-order chi connectivity index (χ1) is 9.08. The lowest BCUT2D eigenvalue weighted by molar-refractivity contribution is -0.131. The lowest BCUT2D eigenvalue weighted by Crippen LogP contribution is -2.30. The number of carbonyl (C=O) groups excluding carboxylic acids is 1. The Hall–Kier alpha value is -1.55. The van der Waals surface area contributed by atoms with E-state index >= 15 is 0 Å². The van der Waals surface area contributed by atoms with Crippen molar-refractivity contribution in [3.63, 3.8) is 0 Å². The van der Waals surface area contributed by atoms with E-state index < -0.39 is 0 Å². The van der Waals surface area contributed by atoms with Crippen LogP contribution in [-0.4, -0.2) is 41.7 Å². The van der Waals surface area contributed by atoms with Crippen LogP contribution in [0.2, 0.25) is 0 Å². The molecule has 1 saturated heterocycles. The van der Waals surface area contributed by atoms with Crippen molar-refractivity contribution in [2.75, 3.05) is 19.7 Å². The summed E-state index contributed by atoms with van der Waals surface area (Å²) in [5, 5.41) is 9.39. The van der Waals surface area contributed by atoms with E-state index in [0.29, 0.717) is 32.5 Å². The first kappa shape index (κ1) is 13.9. The monoisotopic (exact) mass is 263 g/mol. The Bertz CT molecular complexity index is 459. The fraction of sp³-hybridized carbons (Fsp3) is 0.533. The van der Waals surface area contributed by atoms with Gasteiger partial charge in [-0.1, -0.05) is 12.1 Å². The average molecular weight is 263 g/mol. The van der Waals surface area contributed by atoms with Crippen LogP contribution in [0.4, 0.5) is 0 Å². The molecule has 1 fully saturated rings. The van der Waals surface area contributed by atoms with Gasteiger partial charge in [0.1, 0.15) is 5.75 Å². The van der Waals surface area contributed by atoms with Crippen molar-refractivity contribution in [1.29, 1.82) is 0 Å². The fourth-order valence-corrected chi connectivity index (χ4v) is 2.26. The zero-order valence-corrected chi connectivity index (χ0v) is 11.6. The summed E-state index contributed by atoms with van der Waals surface area (Å²) >= 11 is 0. The maximum Gasteiger partial charge on any atom is 0.226 e. The zero-order valence-electron chi connectivity index (χ0n) is 11.6. The van der Waals surface area contributed by atoms with E-state index in [9.17, 15) is 9.90 Å². The lowest BCUT2D eigenvalue weighted by atomic mass is 10.1. The van der Waals surface area contributed by atoms with Gasteiger partial charge in [0.25, 0.3) is 0 Å². The molecule has 1 atom stereocenters. The summed E-state index contributed by atoms with van der Waals surface area (Å²) in [6.45, 7) is 5.56. The van der Waals surface area contributed by atoms with Gasteiger partial charge in [0, 0.05) is 13.1 Å². The number of aliphatic hydroxyl groups excluding tert-OH is 1. The third kappa shape index (κ3) is 3.47. The fourth-order valence-electron chi connectivity index (χ4n) is 2.26. The highest BCUT2D eigenvalue weighted by atomic mass is 16.5. The summed E-state index contributed by atoms with van der Waals surface area (Å²) in [4.78, 5) is 13.6. The third-order valence-corrected chi connectivity index (χ3v) is 3.64. The molecule has 1 aliphatic heterocycles. The Labute approximate surface area is 114 Å². The highest BCUT2D eigenvalue weighted by Gasteiger charge is 2.24. The number of ether oxygens (including phenoxy) is 1. The molecule has 1 heterocycles. The van der Waals surface area contributed by atoms with Gasteiger partial charge in [-0.15, -0.1) is 0 Å². The largest absolute Gasteiger partial charge is 0.493 e. The van der Waals surface area contributed by atoms with Crippen LogP contribution in [-0.2, 0) is 4.79 Å². The molecule has 2 rings (SSSR count). The van der Waals surface area contributed by atoms with E-state index in [0.717, 1.165) is 11.3 Å². The summed E-state index contributed by atoms with van der Waals surface area (Å²) in [6.07, 6.45) is 0.688. The second kappa shape index (κ2) is 6.06. The van der Waals surface area contributed by atoms with E-state index in [-0.39, 0.29) is 12.0 Å². The molecule has 1 amide bonds. The number of nitrogens with zero attached hydrogens (tertiary/aromatic N) is 1. The Morgan fingerprint density at radius 3 is 2.95 bits per heavy atom. The molecule has 0 aromatic heterocycles. The van der Waals surface area contributed by atoms with E-state index in [2.05, 4.69) is 0 Å². The van der Waals surface area contributed by atoms with E-state index in [1.165, 1.54) is 5.56 Å². The number of rotatable bonds is 4. The van der Waals surface area contributed by atoms with Gasteiger partial charge in [0.2, 0.25) is 5.91 Å². The van der Waals surface area contributed by atoms with Crippen molar-refractivity contribution < 1.29 is 14.6 Å². The van der Waals surface area contributed by atoms with Crippen LogP contribution in [0.25, 0.3) is 0 Å². The summed E-state index contributed by atoms with van der Waals surface area (Å²) in [6, 6.07) is 5.92. The number of amides is 1. The first-order valence-electron chi connectivity index (χ1n) is 6.73. The summed E-state index contributed by atoms with van der Waals surface area (Å²) in [7, 11) is 0. The van der Waals surface area contributed by atoms with Gasteiger partial charge in [0.05, 0.1) is 19.1 Å². The standard InChI is InChI=1S/C15H21NO3/c1-11-4-3-5-14(12(11)2)19-9-7-15(18)16-8-6-13(17)10-16/h3-5,13,17H,6-10H2,1-2H3/t13-/m0/s1. The zero-order chi connectivity index (χ0) is 13.8. The highest BCUT2D eigenvalue weighted by molar-refractivity contribution is 5.76. The average Bonchev–Trinajstić information content (AvgIpc) is 2.81. The normalized spacial score (nSPS) is 18.7. The molecule has 4 nitrogen and oxygen atoms in total. The van der Waals surface area contributed by atoms with Crippen molar-refractivity contribution in [3.05, 3.63) is 29.3 Å². The molecule has 1 N–H and O–H groups in total. The molecule has 0 unspecified atom stereocenters. The molecule has 1 aromatic rings. The van der Waals surface area contributed by atoms with Crippen LogP contribution >= 0.6 is 0 Å². The van der Waals surface area contributed by atoms with Gasteiger partial charge < -0.3 is 14.7 Å². The van der Waals surface area contributed by atoms with Crippen molar-refractivity contribution in [2.45, 2.75) is 32.8 Å². The number of aryl methyl sites for hydroxylation is 1. The van der Waals surface area contributed by atoms with E-state index in [1.807, 2.05) is 32.0 Å². The quantitative estimate of drug-likeness (QED) is 0.899. The maximum atomic E-state index is 11.9. The highest BCUT2D eigenvalue weighted by Crippen LogP contribution is 2.20. The minimum absolute atomic E-state index is 0.0573. The van der Waals surface area contributed by atoms with Gasteiger partial charge in [-0.25, -0.2) is 0 Å². The van der Waals surface area contributed by atoms with Crippen LogP contribution in [0, 0.1) is 13.8 Å². The number of β-amino-alcohol motifs (C(OH)–C–C–N with tert-alkyl or cyclic N) is 1. The van der Waals surface area contributed by atoms with Crippen LogP contribution in [0.3, 0.4) is 0 Å². The molecule has 0 bridgehead atoms. The van der Waals surface area contributed by atoms with Gasteiger partial charge >= 0.3 is 0 Å². The van der Waals surface area contributed by atoms with E-state index in [4.69, 9.17) is 4.74 Å². The van der Waals surface area contributed by atoms with Crippen LogP contribution in [0.5, 0.6) is 5.75 Å². The maximum absolute atomic E-state index is 11.9. The number of carbonyl (C=O) groups is 1.